The minimum atomic E-state index is -0.135. The number of carbonyl (C=O) groups excluding carboxylic acids is 2. The quantitative estimate of drug-likeness (QED) is 0.552. The lowest BCUT2D eigenvalue weighted by Gasteiger charge is -2.21. The fourth-order valence-electron chi connectivity index (χ4n) is 2.79. The first-order chi connectivity index (χ1) is 11.7. The molecule has 3 N–H and O–H groups in total. The Balaban J connectivity index is 1.79. The lowest BCUT2D eigenvalue weighted by Crippen LogP contribution is -3.13. The molecule has 0 aliphatic carbocycles. The van der Waals surface area contributed by atoms with Crippen molar-refractivity contribution in [1.29, 1.82) is 0 Å². The Morgan fingerprint density at radius 1 is 1.38 bits per heavy atom. The van der Waals surface area contributed by atoms with Gasteiger partial charge in [-0.05, 0) is 30.7 Å². The third-order valence-electron chi connectivity index (χ3n) is 3.97. The summed E-state index contributed by atoms with van der Waals surface area (Å²) in [4.78, 5) is 26.2. The molecule has 2 rings (SSSR count). The van der Waals surface area contributed by atoms with Crippen molar-refractivity contribution in [3.8, 4) is 0 Å². The van der Waals surface area contributed by atoms with E-state index in [-0.39, 0.29) is 24.5 Å². The molecular weight excluding hydrogens is 326 g/mol. The molecule has 1 aromatic heterocycles. The maximum absolute atomic E-state index is 12.2. The largest absolute Gasteiger partial charge is 0.372 e. The highest BCUT2D eigenvalue weighted by molar-refractivity contribution is 7.09. The number of rotatable bonds is 10. The van der Waals surface area contributed by atoms with Crippen molar-refractivity contribution in [2.75, 3.05) is 32.8 Å². The van der Waals surface area contributed by atoms with Crippen LogP contribution in [0.1, 0.15) is 31.1 Å². The Bertz CT molecular complexity index is 501. The summed E-state index contributed by atoms with van der Waals surface area (Å²) in [7, 11) is 0. The Labute approximate surface area is 147 Å². The fraction of sp³-hybridized carbons (Fsp3) is 0.647. The second-order valence-corrected chi connectivity index (χ2v) is 7.18. The van der Waals surface area contributed by atoms with Crippen LogP contribution in [-0.4, -0.2) is 50.7 Å². The van der Waals surface area contributed by atoms with Gasteiger partial charge >= 0.3 is 0 Å². The molecule has 2 atom stereocenters. The van der Waals surface area contributed by atoms with Gasteiger partial charge in [0.15, 0.2) is 6.54 Å². The Kier molecular flexibility index (Phi) is 8.21. The standard InChI is InChI=1S/C17H27N3O3S/c1-2-7-18-16(21)10-19-17(22)13-20(11-14-5-3-8-23-14)12-15-6-4-9-24-15/h4,6,9,14H,2-3,5,7-8,10-13H2,1H3,(H,18,21)(H,19,22)/p+1/t14-/m0/s1. The van der Waals surface area contributed by atoms with Crippen molar-refractivity contribution >= 4 is 23.2 Å². The van der Waals surface area contributed by atoms with Gasteiger partial charge in [0.25, 0.3) is 5.91 Å². The van der Waals surface area contributed by atoms with Crippen LogP contribution in [0.5, 0.6) is 0 Å². The predicted octanol–water partition coefficient (Wildman–Crippen LogP) is -0.0456. The molecule has 0 saturated carbocycles. The van der Waals surface area contributed by atoms with Crippen LogP contribution in [0.3, 0.4) is 0 Å². The topological polar surface area (TPSA) is 71.9 Å². The molecule has 0 radical (unpaired) electrons. The SMILES string of the molecule is CCCNC(=O)CNC(=O)C[NH+](Cc1cccs1)C[C@@H]1CCCO1. The predicted molar refractivity (Wildman–Crippen MR) is 94.0 cm³/mol. The number of amides is 2. The van der Waals surface area contributed by atoms with Crippen LogP contribution in [0.25, 0.3) is 0 Å². The molecule has 2 amide bonds. The van der Waals surface area contributed by atoms with Crippen LogP contribution in [0.2, 0.25) is 0 Å². The lowest BCUT2D eigenvalue weighted by molar-refractivity contribution is -0.908. The molecule has 7 heteroatoms. The van der Waals surface area contributed by atoms with Crippen molar-refractivity contribution in [1.82, 2.24) is 10.6 Å². The van der Waals surface area contributed by atoms with Gasteiger partial charge in [-0.3, -0.25) is 9.59 Å². The molecule has 1 aliphatic rings. The number of ether oxygens (including phenoxy) is 1. The molecule has 1 fully saturated rings. The summed E-state index contributed by atoms with van der Waals surface area (Å²) in [5.41, 5.74) is 0. The van der Waals surface area contributed by atoms with Gasteiger partial charge in [0.2, 0.25) is 5.91 Å². The normalized spacial score (nSPS) is 18.3. The average Bonchev–Trinajstić information content (AvgIpc) is 3.24. The van der Waals surface area contributed by atoms with Crippen LogP contribution in [0.4, 0.5) is 0 Å². The van der Waals surface area contributed by atoms with Crippen molar-refractivity contribution in [2.45, 2.75) is 38.8 Å². The molecule has 0 spiro atoms. The second kappa shape index (κ2) is 10.4. The van der Waals surface area contributed by atoms with Crippen LogP contribution >= 0.6 is 11.3 Å². The van der Waals surface area contributed by atoms with E-state index in [0.29, 0.717) is 13.1 Å². The van der Waals surface area contributed by atoms with Gasteiger partial charge in [0.05, 0.1) is 11.4 Å². The van der Waals surface area contributed by atoms with Gasteiger partial charge in [0, 0.05) is 13.2 Å². The molecule has 0 aromatic carbocycles. The lowest BCUT2D eigenvalue weighted by atomic mass is 10.2. The number of carbonyl (C=O) groups is 2. The van der Waals surface area contributed by atoms with Gasteiger partial charge in [-0.25, -0.2) is 0 Å². The Hall–Kier alpha value is -1.44. The molecule has 134 valence electrons. The third kappa shape index (κ3) is 6.98. The van der Waals surface area contributed by atoms with Crippen LogP contribution < -0.4 is 15.5 Å². The van der Waals surface area contributed by atoms with Crippen molar-refractivity contribution in [3.63, 3.8) is 0 Å². The molecular formula is C17H28N3O3S+. The Morgan fingerprint density at radius 3 is 2.92 bits per heavy atom. The molecule has 24 heavy (non-hydrogen) atoms. The van der Waals surface area contributed by atoms with E-state index >= 15 is 0 Å². The number of nitrogens with one attached hydrogen (secondary N) is 3. The van der Waals surface area contributed by atoms with Gasteiger partial charge in [-0.2, -0.15) is 0 Å². The van der Waals surface area contributed by atoms with Crippen LogP contribution in [0, 0.1) is 0 Å². The average molecular weight is 354 g/mol. The number of thiophene rings is 1. The highest BCUT2D eigenvalue weighted by atomic mass is 32.1. The smallest absolute Gasteiger partial charge is 0.275 e. The number of hydrogen-bond acceptors (Lipinski definition) is 4. The number of hydrogen-bond donors (Lipinski definition) is 3. The van der Waals surface area contributed by atoms with E-state index in [1.165, 1.54) is 9.78 Å². The highest BCUT2D eigenvalue weighted by Gasteiger charge is 2.24. The second-order valence-electron chi connectivity index (χ2n) is 6.15. The maximum Gasteiger partial charge on any atom is 0.275 e. The summed E-state index contributed by atoms with van der Waals surface area (Å²) >= 11 is 1.71. The summed E-state index contributed by atoms with van der Waals surface area (Å²) in [5.74, 6) is -0.227. The summed E-state index contributed by atoms with van der Waals surface area (Å²) in [6, 6.07) is 4.12. The molecule has 1 saturated heterocycles. The van der Waals surface area contributed by atoms with E-state index in [2.05, 4.69) is 22.1 Å². The van der Waals surface area contributed by atoms with Gasteiger partial charge in [0.1, 0.15) is 19.2 Å². The molecule has 2 heterocycles. The first-order valence-corrected chi connectivity index (χ1v) is 9.56. The minimum absolute atomic E-state index is 0.0467. The molecule has 1 aliphatic heterocycles. The fourth-order valence-corrected chi connectivity index (χ4v) is 3.57. The van der Waals surface area contributed by atoms with Crippen LogP contribution in [-0.2, 0) is 20.9 Å². The zero-order valence-corrected chi connectivity index (χ0v) is 15.1. The highest BCUT2D eigenvalue weighted by Crippen LogP contribution is 2.10. The summed E-state index contributed by atoms with van der Waals surface area (Å²) in [5, 5.41) is 7.53. The van der Waals surface area contributed by atoms with Gasteiger partial charge < -0.3 is 20.3 Å². The van der Waals surface area contributed by atoms with E-state index < -0.39 is 0 Å². The van der Waals surface area contributed by atoms with Crippen molar-refractivity contribution in [2.24, 2.45) is 0 Å². The molecule has 6 nitrogen and oxygen atoms in total. The zero-order valence-electron chi connectivity index (χ0n) is 14.3. The minimum Gasteiger partial charge on any atom is -0.372 e. The molecule has 1 unspecified atom stereocenters. The molecule has 0 bridgehead atoms. The number of quaternary nitrogens is 1. The van der Waals surface area contributed by atoms with E-state index in [4.69, 9.17) is 4.74 Å². The first-order valence-electron chi connectivity index (χ1n) is 8.68. The van der Waals surface area contributed by atoms with E-state index in [0.717, 1.165) is 39.0 Å². The maximum atomic E-state index is 12.2. The van der Waals surface area contributed by atoms with Crippen molar-refractivity contribution in [3.05, 3.63) is 22.4 Å². The van der Waals surface area contributed by atoms with Gasteiger partial charge in [-0.15, -0.1) is 11.3 Å². The van der Waals surface area contributed by atoms with Gasteiger partial charge in [-0.1, -0.05) is 13.0 Å². The first kappa shape index (κ1) is 18.9. The van der Waals surface area contributed by atoms with E-state index in [9.17, 15) is 9.59 Å². The van der Waals surface area contributed by atoms with E-state index in [1.807, 2.05) is 13.0 Å². The summed E-state index contributed by atoms with van der Waals surface area (Å²) in [6.45, 7) is 5.50. The zero-order chi connectivity index (χ0) is 17.2. The third-order valence-corrected chi connectivity index (χ3v) is 4.85. The monoisotopic (exact) mass is 354 g/mol. The van der Waals surface area contributed by atoms with Crippen LogP contribution in [0.15, 0.2) is 17.5 Å². The summed E-state index contributed by atoms with van der Waals surface area (Å²) < 4.78 is 5.71. The molecule has 1 aromatic rings. The Morgan fingerprint density at radius 2 is 2.25 bits per heavy atom. The summed E-state index contributed by atoms with van der Waals surface area (Å²) in [6.07, 6.45) is 3.29. The van der Waals surface area contributed by atoms with Crippen molar-refractivity contribution < 1.29 is 19.2 Å². The van der Waals surface area contributed by atoms with E-state index in [1.54, 1.807) is 11.3 Å².